The van der Waals surface area contributed by atoms with Crippen molar-refractivity contribution in [2.45, 2.75) is 26.3 Å². The maximum absolute atomic E-state index is 13.0. The van der Waals surface area contributed by atoms with E-state index in [4.69, 9.17) is 14.2 Å². The maximum Gasteiger partial charge on any atom is 0.341 e. The Morgan fingerprint density at radius 2 is 1.92 bits per heavy atom. The zero-order valence-electron chi connectivity index (χ0n) is 14.8. The van der Waals surface area contributed by atoms with Gasteiger partial charge in [0.05, 0.1) is 32.5 Å². The van der Waals surface area contributed by atoms with E-state index in [1.165, 1.54) is 7.11 Å². The van der Waals surface area contributed by atoms with Crippen LogP contribution in [-0.2, 0) is 9.47 Å². The first-order valence-electron chi connectivity index (χ1n) is 8.14. The number of carbonyl (C=O) groups excluding carboxylic acids is 2. The third-order valence-electron chi connectivity index (χ3n) is 4.31. The van der Waals surface area contributed by atoms with Crippen molar-refractivity contribution in [3.63, 3.8) is 0 Å². The van der Waals surface area contributed by atoms with Crippen LogP contribution in [0.15, 0.2) is 18.2 Å². The molecule has 1 aromatic carbocycles. The molecule has 1 saturated heterocycles. The minimum Gasteiger partial charge on any atom is -0.496 e. The van der Waals surface area contributed by atoms with Crippen molar-refractivity contribution in [2.24, 2.45) is 0 Å². The van der Waals surface area contributed by atoms with Crippen LogP contribution in [0.3, 0.4) is 0 Å². The molecule has 2 rings (SSSR count). The zero-order valence-corrected chi connectivity index (χ0v) is 14.8. The van der Waals surface area contributed by atoms with Gasteiger partial charge in [0.1, 0.15) is 11.3 Å². The summed E-state index contributed by atoms with van der Waals surface area (Å²) in [6.07, 6.45) is 0. The number of esters is 1. The predicted molar refractivity (Wildman–Crippen MR) is 89.8 cm³/mol. The van der Waals surface area contributed by atoms with Crippen molar-refractivity contribution >= 4 is 11.8 Å². The van der Waals surface area contributed by atoms with E-state index in [2.05, 4.69) is 4.90 Å². The number of carbonyl (C=O) groups is 2. The fourth-order valence-corrected chi connectivity index (χ4v) is 2.84. The summed E-state index contributed by atoms with van der Waals surface area (Å²) in [5.41, 5.74) is 0.0583. The van der Waals surface area contributed by atoms with Gasteiger partial charge in [-0.05, 0) is 39.0 Å². The summed E-state index contributed by atoms with van der Waals surface area (Å²) < 4.78 is 15.6. The van der Waals surface area contributed by atoms with Crippen LogP contribution >= 0.6 is 0 Å². The molecule has 1 aliphatic rings. The molecular formula is C18H25NO5. The van der Waals surface area contributed by atoms with Gasteiger partial charge in [-0.15, -0.1) is 0 Å². The van der Waals surface area contributed by atoms with Gasteiger partial charge in [-0.1, -0.05) is 0 Å². The zero-order chi connectivity index (χ0) is 17.7. The molecule has 24 heavy (non-hydrogen) atoms. The van der Waals surface area contributed by atoms with Gasteiger partial charge in [0, 0.05) is 18.7 Å². The second-order valence-electron chi connectivity index (χ2n) is 6.12. The molecule has 0 aromatic heterocycles. The Morgan fingerprint density at radius 3 is 2.50 bits per heavy atom. The maximum atomic E-state index is 13.0. The SMILES string of the molecule is CCOC(=O)c1cc(C(=O)C(C)(C)N2CCOCC2)ccc1OC. The Hall–Kier alpha value is -1.92. The topological polar surface area (TPSA) is 65.1 Å². The lowest BCUT2D eigenvalue weighted by molar-refractivity contribution is -0.00430. The van der Waals surface area contributed by atoms with Crippen molar-refractivity contribution < 1.29 is 23.8 Å². The molecule has 1 aliphatic heterocycles. The van der Waals surface area contributed by atoms with E-state index >= 15 is 0 Å². The number of morpholine rings is 1. The molecule has 0 unspecified atom stereocenters. The number of rotatable bonds is 6. The third-order valence-corrected chi connectivity index (χ3v) is 4.31. The van der Waals surface area contributed by atoms with Crippen molar-refractivity contribution in [1.29, 1.82) is 0 Å². The smallest absolute Gasteiger partial charge is 0.341 e. The Balaban J connectivity index is 2.31. The molecule has 0 N–H and O–H groups in total. The molecule has 0 radical (unpaired) electrons. The number of ether oxygens (including phenoxy) is 3. The molecule has 0 atom stereocenters. The van der Waals surface area contributed by atoms with Crippen molar-refractivity contribution in [2.75, 3.05) is 40.0 Å². The monoisotopic (exact) mass is 335 g/mol. The number of nitrogens with zero attached hydrogens (tertiary/aromatic N) is 1. The lowest BCUT2D eigenvalue weighted by Crippen LogP contribution is -2.54. The average Bonchev–Trinajstić information content (AvgIpc) is 2.61. The molecule has 1 heterocycles. The van der Waals surface area contributed by atoms with E-state index in [1.54, 1.807) is 25.1 Å². The molecule has 0 amide bonds. The van der Waals surface area contributed by atoms with E-state index in [0.717, 1.165) is 0 Å². The highest BCUT2D eigenvalue weighted by molar-refractivity contribution is 6.05. The summed E-state index contributed by atoms with van der Waals surface area (Å²) >= 11 is 0. The predicted octanol–water partition coefficient (Wildman–Crippen LogP) is 2.17. The highest BCUT2D eigenvalue weighted by Gasteiger charge is 2.36. The highest BCUT2D eigenvalue weighted by Crippen LogP contribution is 2.26. The first-order chi connectivity index (χ1) is 11.4. The van der Waals surface area contributed by atoms with Gasteiger partial charge in [-0.2, -0.15) is 0 Å². The Labute approximate surface area is 142 Å². The van der Waals surface area contributed by atoms with Crippen molar-refractivity contribution in [3.05, 3.63) is 29.3 Å². The molecule has 1 aromatic rings. The molecular weight excluding hydrogens is 310 g/mol. The summed E-state index contributed by atoms with van der Waals surface area (Å²) in [6, 6.07) is 4.88. The van der Waals surface area contributed by atoms with E-state index in [1.807, 2.05) is 13.8 Å². The van der Waals surface area contributed by atoms with Gasteiger partial charge in [-0.3, -0.25) is 9.69 Å². The van der Waals surface area contributed by atoms with E-state index in [9.17, 15) is 9.59 Å². The van der Waals surface area contributed by atoms with E-state index in [-0.39, 0.29) is 18.0 Å². The van der Waals surface area contributed by atoms with E-state index < -0.39 is 11.5 Å². The summed E-state index contributed by atoms with van der Waals surface area (Å²) in [4.78, 5) is 27.2. The molecule has 6 heteroatoms. The van der Waals surface area contributed by atoms with Crippen LogP contribution in [0.4, 0.5) is 0 Å². The van der Waals surface area contributed by atoms with Gasteiger partial charge in [0.25, 0.3) is 0 Å². The molecule has 132 valence electrons. The van der Waals surface area contributed by atoms with Crippen molar-refractivity contribution in [1.82, 2.24) is 4.90 Å². The summed E-state index contributed by atoms with van der Waals surface area (Å²) in [6.45, 7) is 8.45. The van der Waals surface area contributed by atoms with Crippen molar-refractivity contribution in [3.8, 4) is 5.75 Å². The average molecular weight is 335 g/mol. The molecule has 0 saturated carbocycles. The highest BCUT2D eigenvalue weighted by atomic mass is 16.5. The van der Waals surface area contributed by atoms with Crippen LogP contribution < -0.4 is 4.74 Å². The van der Waals surface area contributed by atoms with Crippen LogP contribution in [0.25, 0.3) is 0 Å². The normalized spacial score (nSPS) is 15.8. The first-order valence-corrected chi connectivity index (χ1v) is 8.14. The quantitative estimate of drug-likeness (QED) is 0.586. The van der Waals surface area contributed by atoms with Crippen LogP contribution in [-0.4, -0.2) is 62.2 Å². The van der Waals surface area contributed by atoms with E-state index in [0.29, 0.717) is 37.6 Å². The van der Waals surface area contributed by atoms with Gasteiger partial charge in [0.15, 0.2) is 5.78 Å². The fraction of sp³-hybridized carbons (Fsp3) is 0.556. The summed E-state index contributed by atoms with van der Waals surface area (Å²) in [5.74, 6) is -0.139. The Bertz CT molecular complexity index is 605. The minimum absolute atomic E-state index is 0.0439. The lowest BCUT2D eigenvalue weighted by atomic mass is 9.90. The number of hydrogen-bond acceptors (Lipinski definition) is 6. The molecule has 0 spiro atoms. The standard InChI is InChI=1S/C18H25NO5/c1-5-24-17(21)14-12-13(6-7-15(14)22-4)16(20)18(2,3)19-8-10-23-11-9-19/h6-7,12H,5,8-11H2,1-4H3. The second kappa shape index (κ2) is 7.77. The third kappa shape index (κ3) is 3.76. The van der Waals surface area contributed by atoms with Gasteiger partial charge >= 0.3 is 5.97 Å². The number of ketones is 1. The summed E-state index contributed by atoms with van der Waals surface area (Å²) in [5, 5.41) is 0. The number of benzene rings is 1. The Kier molecular flexibility index (Phi) is 5.96. The largest absolute Gasteiger partial charge is 0.496 e. The Morgan fingerprint density at radius 1 is 1.25 bits per heavy atom. The number of Topliss-reactive ketones (excluding diaryl/α,β-unsaturated/α-hetero) is 1. The van der Waals surface area contributed by atoms with Gasteiger partial charge < -0.3 is 14.2 Å². The van der Waals surface area contributed by atoms with Crippen LogP contribution in [0.1, 0.15) is 41.5 Å². The van der Waals surface area contributed by atoms with Crippen LogP contribution in [0, 0.1) is 0 Å². The van der Waals surface area contributed by atoms with Gasteiger partial charge in [0.2, 0.25) is 0 Å². The molecule has 0 bridgehead atoms. The molecule has 0 aliphatic carbocycles. The van der Waals surface area contributed by atoms with Gasteiger partial charge in [-0.25, -0.2) is 4.79 Å². The molecule has 1 fully saturated rings. The second-order valence-corrected chi connectivity index (χ2v) is 6.12. The fourth-order valence-electron chi connectivity index (χ4n) is 2.84. The van der Waals surface area contributed by atoms with Crippen LogP contribution in [0.2, 0.25) is 0 Å². The first kappa shape index (κ1) is 18.4. The number of hydrogen-bond donors (Lipinski definition) is 0. The van der Waals surface area contributed by atoms with Crippen LogP contribution in [0.5, 0.6) is 5.75 Å². The lowest BCUT2D eigenvalue weighted by Gasteiger charge is -2.39. The summed E-state index contributed by atoms with van der Waals surface area (Å²) in [7, 11) is 1.48. The minimum atomic E-state index is -0.676. The molecule has 6 nitrogen and oxygen atoms in total. The number of methoxy groups -OCH3 is 1.